The molecule has 35 heavy (non-hydrogen) atoms. The molecule has 0 saturated carbocycles. The Balaban J connectivity index is 1.35. The maximum absolute atomic E-state index is 10.8. The van der Waals surface area contributed by atoms with Crippen LogP contribution in [0.4, 0.5) is 5.82 Å². The van der Waals surface area contributed by atoms with Crippen LogP contribution in [0.1, 0.15) is 46.0 Å². The zero-order valence-electron chi connectivity index (χ0n) is 20.6. The number of benzene rings is 1. The monoisotopic (exact) mass is 476 g/mol. The molecule has 4 heterocycles. The van der Waals surface area contributed by atoms with Gasteiger partial charge in [-0.25, -0.2) is 0 Å². The highest BCUT2D eigenvalue weighted by atomic mass is 16.5. The van der Waals surface area contributed by atoms with Crippen molar-refractivity contribution in [2.24, 2.45) is 0 Å². The van der Waals surface area contributed by atoms with Gasteiger partial charge in [-0.2, -0.15) is 10.2 Å². The van der Waals surface area contributed by atoms with Crippen LogP contribution in [0.15, 0.2) is 42.6 Å². The van der Waals surface area contributed by atoms with E-state index >= 15 is 0 Å². The van der Waals surface area contributed by atoms with E-state index in [9.17, 15) is 10.3 Å². The summed E-state index contributed by atoms with van der Waals surface area (Å²) in [5, 5.41) is 39.9. The molecule has 0 unspecified atom stereocenters. The number of phenols is 1. The van der Waals surface area contributed by atoms with Crippen molar-refractivity contribution in [3.8, 4) is 34.0 Å². The Labute approximate surface area is 205 Å². The molecule has 2 N–H and O–H groups in total. The summed E-state index contributed by atoms with van der Waals surface area (Å²) in [7, 11) is 3.59. The van der Waals surface area contributed by atoms with Gasteiger partial charge in [0.15, 0.2) is 5.82 Å². The Morgan fingerprint density at radius 3 is 2.37 bits per heavy atom. The number of hydrogen-bond donors (Lipinski definition) is 2. The number of anilines is 1. The minimum Gasteiger partial charge on any atom is -0.507 e. The van der Waals surface area contributed by atoms with E-state index in [4.69, 9.17) is 4.74 Å². The first-order valence-corrected chi connectivity index (χ1v) is 12.0. The fourth-order valence-electron chi connectivity index (χ4n) is 5.83. The Kier molecular flexibility index (Phi) is 5.85. The summed E-state index contributed by atoms with van der Waals surface area (Å²) < 4.78 is 5.14. The summed E-state index contributed by atoms with van der Waals surface area (Å²) in [5.74, 6) is 1.30. The number of fused-ring (bicyclic) bond motifs is 2. The van der Waals surface area contributed by atoms with Crippen molar-refractivity contribution in [2.45, 2.75) is 63.1 Å². The van der Waals surface area contributed by atoms with E-state index in [1.54, 1.807) is 23.4 Å². The number of aromatic nitrogens is 4. The number of methoxy groups -OCH3 is 1. The Morgan fingerprint density at radius 1 is 1.00 bits per heavy atom. The van der Waals surface area contributed by atoms with Gasteiger partial charge in [0, 0.05) is 41.4 Å². The molecule has 2 aromatic heterocycles. The van der Waals surface area contributed by atoms with Crippen LogP contribution in [0.2, 0.25) is 0 Å². The molecular formula is C26H32N6O3. The third kappa shape index (κ3) is 4.19. The molecule has 2 aliphatic heterocycles. The first-order valence-electron chi connectivity index (χ1n) is 12.0. The van der Waals surface area contributed by atoms with Crippen LogP contribution in [-0.4, -0.2) is 67.0 Å². The lowest BCUT2D eigenvalue weighted by Gasteiger charge is -2.59. The van der Waals surface area contributed by atoms with Crippen LogP contribution >= 0.6 is 0 Å². The van der Waals surface area contributed by atoms with Gasteiger partial charge in [0.2, 0.25) is 5.88 Å². The summed E-state index contributed by atoms with van der Waals surface area (Å²) in [6.07, 6.45) is 6.49. The number of nitrogens with zero attached hydrogens (tertiary/aromatic N) is 6. The number of aromatic hydroxyl groups is 1. The topological polar surface area (TPSA) is 108 Å². The molecule has 0 amide bonds. The predicted octanol–water partition coefficient (Wildman–Crippen LogP) is 4.31. The van der Waals surface area contributed by atoms with Crippen LogP contribution < -0.4 is 9.64 Å². The van der Waals surface area contributed by atoms with E-state index in [2.05, 4.69) is 39.1 Å². The molecule has 0 radical (unpaired) electrons. The SMILES string of the molecule is COc1cc(-c2ccc(-c3ccc(N(C)[C@H]4C[C@]5(C)CCC[C@](C)(C4)N5O)nn3)c(O)c2)cnn1. The van der Waals surface area contributed by atoms with Crippen molar-refractivity contribution in [3.05, 3.63) is 42.6 Å². The molecule has 3 atom stereocenters. The third-order valence-electron chi connectivity index (χ3n) is 7.81. The van der Waals surface area contributed by atoms with Gasteiger partial charge in [-0.15, -0.1) is 15.3 Å². The second kappa shape index (κ2) is 8.73. The number of hydrogen-bond acceptors (Lipinski definition) is 9. The minimum atomic E-state index is -0.223. The highest BCUT2D eigenvalue weighted by Crippen LogP contribution is 2.48. The normalized spacial score (nSPS) is 26.4. The zero-order valence-corrected chi connectivity index (χ0v) is 20.6. The molecule has 9 nitrogen and oxygen atoms in total. The van der Waals surface area contributed by atoms with Gasteiger partial charge in [0.05, 0.1) is 19.0 Å². The quantitative estimate of drug-likeness (QED) is 0.557. The van der Waals surface area contributed by atoms with E-state index in [0.717, 1.165) is 49.0 Å². The van der Waals surface area contributed by atoms with E-state index in [1.165, 1.54) is 7.11 Å². The molecule has 0 spiro atoms. The molecule has 2 saturated heterocycles. The number of piperidine rings is 2. The van der Waals surface area contributed by atoms with Crippen LogP contribution in [0.3, 0.4) is 0 Å². The third-order valence-corrected chi connectivity index (χ3v) is 7.81. The van der Waals surface area contributed by atoms with E-state index < -0.39 is 0 Å². The second-order valence-corrected chi connectivity index (χ2v) is 10.3. The van der Waals surface area contributed by atoms with Gasteiger partial charge in [0.1, 0.15) is 5.75 Å². The second-order valence-electron chi connectivity index (χ2n) is 10.3. The van der Waals surface area contributed by atoms with Crippen LogP contribution in [0, 0.1) is 0 Å². The average Bonchev–Trinajstić information content (AvgIpc) is 2.86. The Bertz CT molecular complexity index is 1200. The summed E-state index contributed by atoms with van der Waals surface area (Å²) in [6.45, 7) is 4.31. The van der Waals surface area contributed by atoms with E-state index in [1.807, 2.05) is 31.3 Å². The van der Waals surface area contributed by atoms with Gasteiger partial charge in [-0.05, 0) is 75.8 Å². The summed E-state index contributed by atoms with van der Waals surface area (Å²) in [4.78, 5) is 2.18. The van der Waals surface area contributed by atoms with Gasteiger partial charge >= 0.3 is 0 Å². The van der Waals surface area contributed by atoms with E-state index in [0.29, 0.717) is 17.1 Å². The van der Waals surface area contributed by atoms with Crippen molar-refractivity contribution in [1.82, 2.24) is 25.5 Å². The molecule has 2 fully saturated rings. The molecule has 2 aliphatic rings. The highest BCUT2D eigenvalue weighted by Gasteiger charge is 2.53. The summed E-state index contributed by atoms with van der Waals surface area (Å²) in [6, 6.07) is 11.3. The molecule has 3 aromatic rings. The number of rotatable bonds is 5. The number of hydroxylamine groups is 2. The smallest absolute Gasteiger partial charge is 0.233 e. The van der Waals surface area contributed by atoms with Crippen molar-refractivity contribution in [1.29, 1.82) is 0 Å². The molecule has 2 bridgehead atoms. The highest BCUT2D eigenvalue weighted by molar-refractivity contribution is 5.74. The van der Waals surface area contributed by atoms with Crippen molar-refractivity contribution < 1.29 is 15.1 Å². The fraction of sp³-hybridized carbons (Fsp3) is 0.462. The predicted molar refractivity (Wildman–Crippen MR) is 132 cm³/mol. The first-order chi connectivity index (χ1) is 16.7. The fourth-order valence-corrected chi connectivity index (χ4v) is 5.83. The van der Waals surface area contributed by atoms with Gasteiger partial charge in [-0.3, -0.25) is 0 Å². The maximum atomic E-state index is 10.8. The lowest BCUT2D eigenvalue weighted by molar-refractivity contribution is -0.273. The number of ether oxygens (including phenoxy) is 1. The van der Waals surface area contributed by atoms with Gasteiger partial charge in [0.25, 0.3) is 0 Å². The van der Waals surface area contributed by atoms with Gasteiger partial charge < -0.3 is 20.0 Å². The molecule has 5 rings (SSSR count). The maximum Gasteiger partial charge on any atom is 0.233 e. The van der Waals surface area contributed by atoms with Crippen LogP contribution in [-0.2, 0) is 0 Å². The lowest BCUT2D eigenvalue weighted by atomic mass is 9.68. The minimum absolute atomic E-state index is 0.109. The zero-order chi connectivity index (χ0) is 24.8. The van der Waals surface area contributed by atoms with Crippen LogP contribution in [0.25, 0.3) is 22.4 Å². The molecule has 1 aromatic carbocycles. The average molecular weight is 477 g/mol. The van der Waals surface area contributed by atoms with Crippen LogP contribution in [0.5, 0.6) is 11.6 Å². The molecule has 0 aliphatic carbocycles. The Morgan fingerprint density at radius 2 is 1.74 bits per heavy atom. The van der Waals surface area contributed by atoms with Crippen molar-refractivity contribution in [2.75, 3.05) is 19.1 Å². The molecular weight excluding hydrogens is 444 g/mol. The molecule has 184 valence electrons. The molecule has 9 heteroatoms. The van der Waals surface area contributed by atoms with Crippen molar-refractivity contribution >= 4 is 5.82 Å². The van der Waals surface area contributed by atoms with Crippen molar-refractivity contribution in [3.63, 3.8) is 0 Å². The largest absolute Gasteiger partial charge is 0.507 e. The standard InChI is InChI=1S/C26H32N6O3/c1-25-10-5-11-26(2,32(25)34)15-19(14-25)31(3)23-9-8-21(28-29-23)20-7-6-17(12-22(20)33)18-13-24(35-4)30-27-16-18/h6-9,12-13,16,19,33-34H,5,10-11,14-15H2,1-4H3/t19-,25-,26+. The first kappa shape index (κ1) is 23.4. The lowest BCUT2D eigenvalue weighted by Crippen LogP contribution is -2.67. The Hall–Kier alpha value is -3.30. The van der Waals surface area contributed by atoms with E-state index in [-0.39, 0.29) is 22.9 Å². The summed E-state index contributed by atoms with van der Waals surface area (Å²) >= 11 is 0. The number of phenolic OH excluding ortho intramolecular Hbond substituents is 1. The summed E-state index contributed by atoms with van der Waals surface area (Å²) in [5.41, 5.74) is 2.35. The van der Waals surface area contributed by atoms with Gasteiger partial charge in [-0.1, -0.05) is 6.07 Å².